The molecule has 0 aliphatic carbocycles. The van der Waals surface area contributed by atoms with Crippen LogP contribution in [0.2, 0.25) is 0 Å². The number of amides is 1. The topological polar surface area (TPSA) is 44.8 Å². The third kappa shape index (κ3) is 7.36. The number of hydrogen-bond acceptors (Lipinski definition) is 4. The second kappa shape index (κ2) is 11.3. The van der Waals surface area contributed by atoms with Gasteiger partial charge in [-0.05, 0) is 69.2 Å². The molecule has 1 aromatic rings. The van der Waals surface area contributed by atoms with Gasteiger partial charge in [0.15, 0.2) is 0 Å². The Kier molecular flexibility index (Phi) is 8.72. The lowest BCUT2D eigenvalue weighted by atomic mass is 9.92. The van der Waals surface area contributed by atoms with Crippen LogP contribution < -0.4 is 5.32 Å². The Morgan fingerprint density at radius 1 is 0.933 bits per heavy atom. The van der Waals surface area contributed by atoms with Crippen molar-refractivity contribution in [2.75, 3.05) is 39.3 Å². The summed E-state index contributed by atoms with van der Waals surface area (Å²) in [5.41, 5.74) is 2.00. The van der Waals surface area contributed by atoms with Gasteiger partial charge in [-0.1, -0.05) is 26.0 Å². The lowest BCUT2D eigenvalue weighted by Gasteiger charge is -2.35. The minimum Gasteiger partial charge on any atom is -0.373 e. The molecule has 168 valence electrons. The normalized spacial score (nSPS) is 28.4. The summed E-state index contributed by atoms with van der Waals surface area (Å²) in [6.45, 7) is 16.2. The van der Waals surface area contributed by atoms with E-state index in [9.17, 15) is 4.79 Å². The second-order valence-electron chi connectivity index (χ2n) is 9.82. The number of nitrogens with zero attached hydrogens (tertiary/aromatic N) is 2. The van der Waals surface area contributed by atoms with Crippen molar-refractivity contribution in [1.82, 2.24) is 15.1 Å². The number of carbonyl (C=O) groups excluding carboxylic acids is 1. The lowest BCUT2D eigenvalue weighted by molar-refractivity contribution is -0.0704. The molecule has 2 saturated heterocycles. The van der Waals surface area contributed by atoms with E-state index in [1.165, 1.54) is 25.1 Å². The predicted octanol–water partition coefficient (Wildman–Crippen LogP) is 3.78. The second-order valence-corrected chi connectivity index (χ2v) is 9.82. The number of rotatable bonds is 8. The smallest absolute Gasteiger partial charge is 0.251 e. The van der Waals surface area contributed by atoms with Crippen LogP contribution in [0.15, 0.2) is 24.3 Å². The molecule has 2 aliphatic rings. The number of piperidine rings is 1. The van der Waals surface area contributed by atoms with Gasteiger partial charge in [-0.3, -0.25) is 9.69 Å². The van der Waals surface area contributed by atoms with Gasteiger partial charge < -0.3 is 15.0 Å². The standard InChI is InChI=1S/C25H41N3O2/c1-19-13-20(2)15-27(14-19)12-6-5-11-26-25(29)24-9-7-23(8-10-24)18-28-16-21(3)30-22(4)17-28/h7-10,19-22H,5-6,11-18H2,1-4H3,(H,26,29). The van der Waals surface area contributed by atoms with Crippen LogP contribution in [0.5, 0.6) is 0 Å². The van der Waals surface area contributed by atoms with Crippen molar-refractivity contribution in [2.45, 2.75) is 65.7 Å². The molecule has 1 N–H and O–H groups in total. The van der Waals surface area contributed by atoms with Crippen molar-refractivity contribution in [3.63, 3.8) is 0 Å². The van der Waals surface area contributed by atoms with E-state index in [0.717, 1.165) is 63.0 Å². The minimum absolute atomic E-state index is 0.0374. The summed E-state index contributed by atoms with van der Waals surface area (Å²) < 4.78 is 5.81. The van der Waals surface area contributed by atoms with E-state index < -0.39 is 0 Å². The fourth-order valence-corrected chi connectivity index (χ4v) is 5.17. The van der Waals surface area contributed by atoms with Crippen LogP contribution in [0.4, 0.5) is 0 Å². The summed E-state index contributed by atoms with van der Waals surface area (Å²) in [5, 5.41) is 3.08. The van der Waals surface area contributed by atoms with Crippen molar-refractivity contribution in [3.8, 4) is 0 Å². The maximum Gasteiger partial charge on any atom is 0.251 e. The average molecular weight is 416 g/mol. The highest BCUT2D eigenvalue weighted by Gasteiger charge is 2.22. The van der Waals surface area contributed by atoms with Gasteiger partial charge in [0.05, 0.1) is 12.2 Å². The first-order chi connectivity index (χ1) is 14.4. The average Bonchev–Trinajstić information content (AvgIpc) is 2.66. The number of carbonyl (C=O) groups is 1. The van der Waals surface area contributed by atoms with E-state index in [1.807, 2.05) is 12.1 Å². The number of likely N-dealkylation sites (tertiary alicyclic amines) is 1. The van der Waals surface area contributed by atoms with Gasteiger partial charge in [-0.15, -0.1) is 0 Å². The summed E-state index contributed by atoms with van der Waals surface area (Å²) in [7, 11) is 0. The monoisotopic (exact) mass is 415 g/mol. The summed E-state index contributed by atoms with van der Waals surface area (Å²) in [6, 6.07) is 8.07. The number of benzene rings is 1. The zero-order valence-corrected chi connectivity index (χ0v) is 19.4. The highest BCUT2D eigenvalue weighted by Crippen LogP contribution is 2.21. The maximum absolute atomic E-state index is 12.4. The van der Waals surface area contributed by atoms with Gasteiger partial charge >= 0.3 is 0 Å². The maximum atomic E-state index is 12.4. The summed E-state index contributed by atoms with van der Waals surface area (Å²) in [6.07, 6.45) is 4.10. The Balaban J connectivity index is 1.34. The van der Waals surface area contributed by atoms with Gasteiger partial charge in [-0.2, -0.15) is 0 Å². The summed E-state index contributed by atoms with van der Waals surface area (Å²) in [5.74, 6) is 1.66. The number of hydrogen-bond donors (Lipinski definition) is 1. The van der Waals surface area contributed by atoms with Crippen molar-refractivity contribution in [2.24, 2.45) is 11.8 Å². The van der Waals surface area contributed by atoms with E-state index >= 15 is 0 Å². The fourth-order valence-electron chi connectivity index (χ4n) is 5.17. The molecular weight excluding hydrogens is 374 g/mol. The molecule has 5 heteroatoms. The van der Waals surface area contributed by atoms with Crippen LogP contribution in [-0.2, 0) is 11.3 Å². The number of ether oxygens (including phenoxy) is 1. The van der Waals surface area contributed by atoms with Gasteiger partial charge in [0.1, 0.15) is 0 Å². The Morgan fingerprint density at radius 2 is 1.57 bits per heavy atom. The lowest BCUT2D eigenvalue weighted by Crippen LogP contribution is -2.44. The van der Waals surface area contributed by atoms with E-state index in [-0.39, 0.29) is 18.1 Å². The van der Waals surface area contributed by atoms with E-state index in [0.29, 0.717) is 0 Å². The van der Waals surface area contributed by atoms with Gasteiger partial charge in [0.2, 0.25) is 0 Å². The largest absolute Gasteiger partial charge is 0.373 e. The van der Waals surface area contributed by atoms with E-state index in [1.54, 1.807) is 0 Å². The summed E-state index contributed by atoms with van der Waals surface area (Å²) >= 11 is 0. The molecule has 0 radical (unpaired) electrons. The SMILES string of the molecule is CC1CC(C)CN(CCCCNC(=O)c2ccc(CN3CC(C)OC(C)C3)cc2)C1. The molecule has 30 heavy (non-hydrogen) atoms. The Labute approximate surface area is 183 Å². The molecule has 2 aliphatic heterocycles. The van der Waals surface area contributed by atoms with Crippen LogP contribution >= 0.6 is 0 Å². The van der Waals surface area contributed by atoms with Gasteiger partial charge in [-0.25, -0.2) is 0 Å². The van der Waals surface area contributed by atoms with Crippen molar-refractivity contribution in [1.29, 1.82) is 0 Å². The summed E-state index contributed by atoms with van der Waals surface area (Å²) in [4.78, 5) is 17.5. The first-order valence-electron chi connectivity index (χ1n) is 11.9. The first-order valence-corrected chi connectivity index (χ1v) is 11.9. The molecule has 4 atom stereocenters. The fraction of sp³-hybridized carbons (Fsp3) is 0.720. The number of unbranched alkanes of at least 4 members (excludes halogenated alkanes) is 1. The quantitative estimate of drug-likeness (QED) is 0.656. The Morgan fingerprint density at radius 3 is 2.20 bits per heavy atom. The molecule has 0 spiro atoms. The molecule has 3 rings (SSSR count). The third-order valence-electron chi connectivity index (χ3n) is 6.25. The van der Waals surface area contributed by atoms with Crippen LogP contribution in [-0.4, -0.2) is 67.2 Å². The van der Waals surface area contributed by atoms with E-state index in [4.69, 9.17) is 4.74 Å². The molecule has 1 aromatic carbocycles. The molecule has 5 nitrogen and oxygen atoms in total. The Hall–Kier alpha value is -1.43. The number of morpholine rings is 1. The minimum atomic E-state index is 0.0374. The predicted molar refractivity (Wildman–Crippen MR) is 123 cm³/mol. The van der Waals surface area contributed by atoms with Crippen LogP contribution in [0.3, 0.4) is 0 Å². The molecule has 0 saturated carbocycles. The van der Waals surface area contributed by atoms with Crippen LogP contribution in [0, 0.1) is 11.8 Å². The van der Waals surface area contributed by atoms with E-state index in [2.05, 4.69) is 54.9 Å². The Bertz CT molecular complexity index is 643. The molecular formula is C25H41N3O2. The zero-order chi connectivity index (χ0) is 21.5. The third-order valence-corrected chi connectivity index (χ3v) is 6.25. The van der Waals surface area contributed by atoms with Crippen molar-refractivity contribution >= 4 is 5.91 Å². The first kappa shape index (κ1) is 23.2. The van der Waals surface area contributed by atoms with Gasteiger partial charge in [0.25, 0.3) is 5.91 Å². The van der Waals surface area contributed by atoms with Gasteiger partial charge in [0, 0.05) is 44.8 Å². The highest BCUT2D eigenvalue weighted by molar-refractivity contribution is 5.94. The van der Waals surface area contributed by atoms with Crippen LogP contribution in [0.25, 0.3) is 0 Å². The molecule has 0 bridgehead atoms. The number of nitrogens with one attached hydrogen (secondary N) is 1. The van der Waals surface area contributed by atoms with Crippen molar-refractivity contribution in [3.05, 3.63) is 35.4 Å². The molecule has 1 amide bonds. The molecule has 0 aromatic heterocycles. The highest BCUT2D eigenvalue weighted by atomic mass is 16.5. The van der Waals surface area contributed by atoms with Crippen LogP contribution in [0.1, 0.15) is 62.9 Å². The molecule has 4 unspecified atom stereocenters. The molecule has 2 heterocycles. The van der Waals surface area contributed by atoms with Crippen molar-refractivity contribution < 1.29 is 9.53 Å². The zero-order valence-electron chi connectivity index (χ0n) is 19.4. The molecule has 2 fully saturated rings.